The van der Waals surface area contributed by atoms with Crippen LogP contribution in [0.25, 0.3) is 0 Å². The van der Waals surface area contributed by atoms with Crippen molar-refractivity contribution in [2.45, 2.75) is 13.5 Å². The van der Waals surface area contributed by atoms with Gasteiger partial charge in [0.2, 0.25) is 5.95 Å². The number of anilines is 2. The summed E-state index contributed by atoms with van der Waals surface area (Å²) in [5, 5.41) is 0. The lowest BCUT2D eigenvalue weighted by Crippen LogP contribution is -2.21. The van der Waals surface area contributed by atoms with Gasteiger partial charge < -0.3 is 4.90 Å². The summed E-state index contributed by atoms with van der Waals surface area (Å²) >= 11 is 0. The van der Waals surface area contributed by atoms with Crippen molar-refractivity contribution in [1.29, 1.82) is 0 Å². The van der Waals surface area contributed by atoms with Gasteiger partial charge in [0, 0.05) is 30.5 Å². The van der Waals surface area contributed by atoms with Crippen LogP contribution < -0.4 is 10.5 Å². The van der Waals surface area contributed by atoms with Crippen molar-refractivity contribution in [3.05, 3.63) is 52.4 Å². The molecule has 17 heavy (non-hydrogen) atoms. The van der Waals surface area contributed by atoms with Crippen LogP contribution in [0.5, 0.6) is 0 Å². The highest BCUT2D eigenvalue weighted by Crippen LogP contribution is 2.26. The summed E-state index contributed by atoms with van der Waals surface area (Å²) in [7, 11) is 0. The van der Waals surface area contributed by atoms with E-state index in [-0.39, 0.29) is 5.56 Å². The molecule has 1 aliphatic rings. The van der Waals surface area contributed by atoms with Crippen LogP contribution in [0.1, 0.15) is 5.56 Å². The van der Waals surface area contributed by atoms with Crippen molar-refractivity contribution in [3.63, 3.8) is 0 Å². The first-order valence-electron chi connectivity index (χ1n) is 5.66. The molecule has 1 aromatic carbocycles. The molecule has 0 saturated heterocycles. The highest BCUT2D eigenvalue weighted by atomic mass is 16.1. The minimum Gasteiger partial charge on any atom is -0.310 e. The van der Waals surface area contributed by atoms with Gasteiger partial charge >= 0.3 is 0 Å². The second kappa shape index (κ2) is 3.73. The summed E-state index contributed by atoms with van der Waals surface area (Å²) in [5.41, 5.74) is 1.84. The molecule has 1 aliphatic heterocycles. The van der Waals surface area contributed by atoms with E-state index >= 15 is 0 Å². The molecule has 0 saturated carbocycles. The van der Waals surface area contributed by atoms with Crippen LogP contribution in [0.15, 0.2) is 41.3 Å². The molecule has 0 unspecified atom stereocenters. The second-order valence-electron chi connectivity index (χ2n) is 4.19. The van der Waals surface area contributed by atoms with Gasteiger partial charge in [0.1, 0.15) is 0 Å². The Bertz CT molecular complexity index is 604. The number of aryl methyl sites for hydroxylation is 1. The maximum atomic E-state index is 11.9. The molecule has 0 aliphatic carbocycles. The van der Waals surface area contributed by atoms with Crippen molar-refractivity contribution < 1.29 is 0 Å². The zero-order chi connectivity index (χ0) is 11.8. The van der Waals surface area contributed by atoms with Crippen LogP contribution in [0.2, 0.25) is 0 Å². The summed E-state index contributed by atoms with van der Waals surface area (Å²) < 4.78 is 1.74. The number of rotatable bonds is 1. The van der Waals surface area contributed by atoms with Crippen molar-refractivity contribution >= 4 is 11.6 Å². The molecule has 4 nitrogen and oxygen atoms in total. The fraction of sp³-hybridized carbons (Fsp3) is 0.231. The maximum absolute atomic E-state index is 11.9. The Kier molecular flexibility index (Phi) is 2.21. The molecule has 86 valence electrons. The molecule has 2 heterocycles. The molecule has 0 bridgehead atoms. The van der Waals surface area contributed by atoms with E-state index in [1.807, 2.05) is 30.3 Å². The average Bonchev–Trinajstić information content (AvgIpc) is 2.79. The minimum absolute atomic E-state index is 0.0634. The van der Waals surface area contributed by atoms with E-state index in [0.717, 1.165) is 18.2 Å². The molecule has 4 heteroatoms. The predicted molar refractivity (Wildman–Crippen MR) is 66.7 cm³/mol. The normalized spacial score (nSPS) is 13.8. The average molecular weight is 227 g/mol. The Morgan fingerprint density at radius 3 is 2.71 bits per heavy atom. The number of hydrogen-bond donors (Lipinski definition) is 0. The molecule has 0 spiro atoms. The maximum Gasteiger partial charge on any atom is 0.257 e. The van der Waals surface area contributed by atoms with Gasteiger partial charge in [-0.3, -0.25) is 9.36 Å². The fourth-order valence-corrected chi connectivity index (χ4v) is 2.15. The van der Waals surface area contributed by atoms with E-state index in [1.165, 1.54) is 0 Å². The Morgan fingerprint density at radius 1 is 1.18 bits per heavy atom. The number of fused-ring (bicyclic) bond motifs is 1. The van der Waals surface area contributed by atoms with Crippen LogP contribution in [0, 0.1) is 6.92 Å². The van der Waals surface area contributed by atoms with Gasteiger partial charge in [0.15, 0.2) is 0 Å². The van der Waals surface area contributed by atoms with E-state index in [0.29, 0.717) is 12.1 Å². The molecule has 0 radical (unpaired) electrons. The van der Waals surface area contributed by atoms with Crippen molar-refractivity contribution in [2.24, 2.45) is 0 Å². The second-order valence-corrected chi connectivity index (χ2v) is 4.19. The molecule has 0 amide bonds. The molecule has 1 aromatic heterocycles. The summed E-state index contributed by atoms with van der Waals surface area (Å²) in [4.78, 5) is 18.4. The number of nitrogens with zero attached hydrogens (tertiary/aromatic N) is 3. The SMILES string of the molecule is Cc1cnc2n(c1=O)CCN2c1ccccc1. The van der Waals surface area contributed by atoms with E-state index in [4.69, 9.17) is 0 Å². The third-order valence-electron chi connectivity index (χ3n) is 3.05. The first-order valence-corrected chi connectivity index (χ1v) is 5.66. The zero-order valence-electron chi connectivity index (χ0n) is 9.63. The predicted octanol–water partition coefficient (Wildman–Crippen LogP) is 1.70. The lowest BCUT2D eigenvalue weighted by atomic mass is 10.3. The van der Waals surface area contributed by atoms with E-state index in [9.17, 15) is 4.79 Å². The summed E-state index contributed by atoms with van der Waals surface area (Å²) in [6, 6.07) is 10.0. The van der Waals surface area contributed by atoms with Crippen LogP contribution >= 0.6 is 0 Å². The third kappa shape index (κ3) is 1.53. The Balaban J connectivity index is 2.12. The monoisotopic (exact) mass is 227 g/mol. The zero-order valence-corrected chi connectivity index (χ0v) is 9.63. The highest BCUT2D eigenvalue weighted by molar-refractivity contribution is 5.58. The standard InChI is InChI=1S/C13H13N3O/c1-10-9-14-13-15(7-8-16(13)12(10)17)11-5-3-2-4-6-11/h2-6,9H,7-8H2,1H3. The molecule has 0 atom stereocenters. The lowest BCUT2D eigenvalue weighted by Gasteiger charge is -2.16. The Morgan fingerprint density at radius 2 is 1.94 bits per heavy atom. The van der Waals surface area contributed by atoms with Crippen molar-refractivity contribution in [3.8, 4) is 0 Å². The number of para-hydroxylation sites is 1. The molecule has 0 N–H and O–H groups in total. The smallest absolute Gasteiger partial charge is 0.257 e. The van der Waals surface area contributed by atoms with E-state index < -0.39 is 0 Å². The van der Waals surface area contributed by atoms with Gasteiger partial charge in [-0.1, -0.05) is 18.2 Å². The quantitative estimate of drug-likeness (QED) is 0.744. The Hall–Kier alpha value is -2.10. The van der Waals surface area contributed by atoms with E-state index in [1.54, 1.807) is 17.7 Å². The first kappa shape index (κ1) is 10.1. The van der Waals surface area contributed by atoms with Crippen molar-refractivity contribution in [1.82, 2.24) is 9.55 Å². The number of benzene rings is 1. The summed E-state index contributed by atoms with van der Waals surface area (Å²) in [6.45, 7) is 3.31. The van der Waals surface area contributed by atoms with Gasteiger partial charge in [0.25, 0.3) is 5.56 Å². The summed E-state index contributed by atoms with van der Waals surface area (Å²) in [5.74, 6) is 0.742. The fourth-order valence-electron chi connectivity index (χ4n) is 2.15. The van der Waals surface area contributed by atoms with Crippen LogP contribution in [-0.4, -0.2) is 16.1 Å². The van der Waals surface area contributed by atoms with Gasteiger partial charge in [-0.2, -0.15) is 0 Å². The molecular formula is C13H13N3O. The molecular weight excluding hydrogens is 214 g/mol. The topological polar surface area (TPSA) is 38.1 Å². The van der Waals surface area contributed by atoms with Gasteiger partial charge in [-0.25, -0.2) is 4.98 Å². The van der Waals surface area contributed by atoms with Crippen LogP contribution in [0.3, 0.4) is 0 Å². The van der Waals surface area contributed by atoms with Crippen LogP contribution in [-0.2, 0) is 6.54 Å². The Labute approximate surface area is 99.1 Å². The molecule has 0 fully saturated rings. The first-order chi connectivity index (χ1) is 8.27. The molecule has 2 aromatic rings. The van der Waals surface area contributed by atoms with Crippen LogP contribution in [0.4, 0.5) is 11.6 Å². The number of aromatic nitrogens is 2. The summed E-state index contributed by atoms with van der Waals surface area (Å²) in [6.07, 6.45) is 1.65. The third-order valence-corrected chi connectivity index (χ3v) is 3.05. The lowest BCUT2D eigenvalue weighted by molar-refractivity contribution is 0.751. The van der Waals surface area contributed by atoms with E-state index in [2.05, 4.69) is 9.88 Å². The minimum atomic E-state index is 0.0634. The van der Waals surface area contributed by atoms with Crippen molar-refractivity contribution in [2.75, 3.05) is 11.4 Å². The van der Waals surface area contributed by atoms with Gasteiger partial charge in [0.05, 0.1) is 0 Å². The number of hydrogen-bond acceptors (Lipinski definition) is 3. The highest BCUT2D eigenvalue weighted by Gasteiger charge is 2.22. The molecule has 3 rings (SSSR count). The van der Waals surface area contributed by atoms with Gasteiger partial charge in [-0.05, 0) is 19.1 Å². The largest absolute Gasteiger partial charge is 0.310 e. The van der Waals surface area contributed by atoms with Gasteiger partial charge in [-0.15, -0.1) is 0 Å².